The summed E-state index contributed by atoms with van der Waals surface area (Å²) in [7, 11) is 1.80. The van der Waals surface area contributed by atoms with Gasteiger partial charge in [-0.3, -0.25) is 0 Å². The second kappa shape index (κ2) is 11.7. The molecule has 1 atom stereocenters. The van der Waals surface area contributed by atoms with Crippen LogP contribution in [0, 0.1) is 5.82 Å². The van der Waals surface area contributed by atoms with Crippen LogP contribution in [0.4, 0.5) is 20.6 Å². The SMILES string of the molecule is CCN1CCN(c2ccc(F)cc2C(C)NC(=O)N(C)Cc2ccccc2N2CCOCC2)CC1. The first-order valence-corrected chi connectivity index (χ1v) is 12.6. The molecule has 1 N–H and O–H groups in total. The van der Waals surface area contributed by atoms with Crippen molar-refractivity contribution in [1.82, 2.24) is 15.1 Å². The van der Waals surface area contributed by atoms with Crippen molar-refractivity contribution in [2.24, 2.45) is 0 Å². The number of likely N-dealkylation sites (N-methyl/N-ethyl adjacent to an activating group) is 1. The van der Waals surface area contributed by atoms with Crippen molar-refractivity contribution in [3.63, 3.8) is 0 Å². The lowest BCUT2D eigenvalue weighted by Gasteiger charge is -2.37. The summed E-state index contributed by atoms with van der Waals surface area (Å²) >= 11 is 0. The molecule has 190 valence electrons. The molecule has 2 aliphatic rings. The number of nitrogens with one attached hydrogen (secondary N) is 1. The number of benzene rings is 2. The summed E-state index contributed by atoms with van der Waals surface area (Å²) in [5.74, 6) is -0.287. The van der Waals surface area contributed by atoms with Crippen molar-refractivity contribution < 1.29 is 13.9 Å². The fourth-order valence-corrected chi connectivity index (χ4v) is 4.92. The van der Waals surface area contributed by atoms with Crippen molar-refractivity contribution in [2.45, 2.75) is 26.4 Å². The standard InChI is InChI=1S/C27H38FN5O2/c1-4-31-11-13-32(14-12-31)26-10-9-23(28)19-24(26)21(2)29-27(34)30(3)20-22-7-5-6-8-25(22)33-15-17-35-18-16-33/h5-10,19,21H,4,11-18,20H2,1-3H3,(H,29,34). The maximum atomic E-state index is 14.2. The van der Waals surface area contributed by atoms with Crippen LogP contribution in [-0.2, 0) is 11.3 Å². The molecule has 2 amide bonds. The van der Waals surface area contributed by atoms with E-state index in [0.717, 1.165) is 68.3 Å². The van der Waals surface area contributed by atoms with Crippen molar-refractivity contribution in [3.8, 4) is 0 Å². The number of amides is 2. The quantitative estimate of drug-likeness (QED) is 0.651. The van der Waals surface area contributed by atoms with Gasteiger partial charge in [0.2, 0.25) is 0 Å². The summed E-state index contributed by atoms with van der Waals surface area (Å²) in [5.41, 5.74) is 4.04. The van der Waals surface area contributed by atoms with Gasteiger partial charge in [0, 0.05) is 69.8 Å². The summed E-state index contributed by atoms with van der Waals surface area (Å²) in [6, 6.07) is 12.6. The molecular weight excluding hydrogens is 445 g/mol. The van der Waals surface area contributed by atoms with Crippen LogP contribution in [0.3, 0.4) is 0 Å². The monoisotopic (exact) mass is 483 g/mol. The number of morpholine rings is 1. The van der Waals surface area contributed by atoms with E-state index in [1.807, 2.05) is 25.1 Å². The Balaban J connectivity index is 1.43. The van der Waals surface area contributed by atoms with Crippen molar-refractivity contribution >= 4 is 17.4 Å². The molecule has 2 aliphatic heterocycles. The van der Waals surface area contributed by atoms with E-state index >= 15 is 0 Å². The Bertz CT molecular complexity index is 989. The lowest BCUT2D eigenvalue weighted by molar-refractivity contribution is 0.122. The summed E-state index contributed by atoms with van der Waals surface area (Å²) in [6.07, 6.45) is 0. The van der Waals surface area contributed by atoms with Crippen LogP contribution in [0.5, 0.6) is 0 Å². The Kier molecular flexibility index (Phi) is 8.46. The van der Waals surface area contributed by atoms with E-state index in [-0.39, 0.29) is 17.9 Å². The molecule has 0 radical (unpaired) electrons. The minimum Gasteiger partial charge on any atom is -0.378 e. The van der Waals surface area contributed by atoms with Gasteiger partial charge >= 0.3 is 6.03 Å². The lowest BCUT2D eigenvalue weighted by Crippen LogP contribution is -2.46. The van der Waals surface area contributed by atoms with E-state index in [0.29, 0.717) is 19.8 Å². The Morgan fingerprint density at radius 1 is 1.03 bits per heavy atom. The number of rotatable bonds is 7. The first kappa shape index (κ1) is 25.3. The van der Waals surface area contributed by atoms with Crippen LogP contribution in [0.15, 0.2) is 42.5 Å². The summed E-state index contributed by atoms with van der Waals surface area (Å²) in [4.78, 5) is 21.8. The average molecular weight is 484 g/mol. The average Bonchev–Trinajstić information content (AvgIpc) is 2.89. The van der Waals surface area contributed by atoms with Gasteiger partial charge in [0.25, 0.3) is 0 Å². The van der Waals surface area contributed by atoms with Gasteiger partial charge in [-0.1, -0.05) is 25.1 Å². The summed E-state index contributed by atoms with van der Waals surface area (Å²) in [6.45, 7) is 12.5. The number of piperazine rings is 1. The highest BCUT2D eigenvalue weighted by molar-refractivity contribution is 5.75. The van der Waals surface area contributed by atoms with Gasteiger partial charge in [-0.2, -0.15) is 0 Å². The van der Waals surface area contributed by atoms with E-state index in [9.17, 15) is 9.18 Å². The maximum Gasteiger partial charge on any atom is 0.317 e. The number of carbonyl (C=O) groups is 1. The molecule has 2 saturated heterocycles. The van der Waals surface area contributed by atoms with Gasteiger partial charge in [-0.25, -0.2) is 9.18 Å². The number of nitrogens with zero attached hydrogens (tertiary/aromatic N) is 4. The smallest absolute Gasteiger partial charge is 0.317 e. The first-order chi connectivity index (χ1) is 17.0. The molecule has 7 nitrogen and oxygen atoms in total. The number of hydrogen-bond acceptors (Lipinski definition) is 5. The molecule has 0 spiro atoms. The number of anilines is 2. The Labute approximate surface area is 208 Å². The number of urea groups is 1. The molecule has 0 aromatic heterocycles. The second-order valence-electron chi connectivity index (χ2n) is 9.38. The number of ether oxygens (including phenoxy) is 1. The predicted octanol–water partition coefficient (Wildman–Crippen LogP) is 3.71. The van der Waals surface area contributed by atoms with Gasteiger partial charge in [-0.15, -0.1) is 0 Å². The lowest BCUT2D eigenvalue weighted by atomic mass is 10.0. The molecule has 2 fully saturated rings. The van der Waals surface area contributed by atoms with Crippen LogP contribution < -0.4 is 15.1 Å². The summed E-state index contributed by atoms with van der Waals surface area (Å²) in [5, 5.41) is 3.09. The Hall–Kier alpha value is -2.84. The number of carbonyl (C=O) groups excluding carboxylic acids is 1. The van der Waals surface area contributed by atoms with Crippen LogP contribution >= 0.6 is 0 Å². The van der Waals surface area contributed by atoms with Crippen molar-refractivity contribution in [1.29, 1.82) is 0 Å². The van der Waals surface area contributed by atoms with Gasteiger partial charge in [-0.05, 0) is 43.3 Å². The van der Waals surface area contributed by atoms with Crippen molar-refractivity contribution in [3.05, 3.63) is 59.4 Å². The highest BCUT2D eigenvalue weighted by atomic mass is 19.1. The molecule has 0 aliphatic carbocycles. The molecule has 0 bridgehead atoms. The number of para-hydroxylation sites is 1. The first-order valence-electron chi connectivity index (χ1n) is 12.6. The number of hydrogen-bond donors (Lipinski definition) is 1. The maximum absolute atomic E-state index is 14.2. The predicted molar refractivity (Wildman–Crippen MR) is 139 cm³/mol. The Morgan fingerprint density at radius 3 is 2.43 bits per heavy atom. The molecule has 2 aromatic rings. The molecule has 2 heterocycles. The van der Waals surface area contributed by atoms with Crippen LogP contribution in [0.2, 0.25) is 0 Å². The van der Waals surface area contributed by atoms with Gasteiger partial charge in [0.1, 0.15) is 5.82 Å². The third-order valence-corrected chi connectivity index (χ3v) is 7.05. The van der Waals surface area contributed by atoms with Gasteiger partial charge in [0.05, 0.1) is 19.3 Å². The molecule has 35 heavy (non-hydrogen) atoms. The Morgan fingerprint density at radius 2 is 1.71 bits per heavy atom. The zero-order chi connectivity index (χ0) is 24.8. The van der Waals surface area contributed by atoms with Gasteiger partial charge < -0.3 is 29.7 Å². The largest absolute Gasteiger partial charge is 0.378 e. The topological polar surface area (TPSA) is 51.3 Å². The molecule has 0 saturated carbocycles. The van der Waals surface area contributed by atoms with E-state index < -0.39 is 0 Å². The third-order valence-electron chi connectivity index (χ3n) is 7.05. The molecule has 2 aromatic carbocycles. The van der Waals surface area contributed by atoms with E-state index in [1.54, 1.807) is 18.0 Å². The van der Waals surface area contributed by atoms with E-state index in [2.05, 4.69) is 39.1 Å². The number of halogens is 1. The van der Waals surface area contributed by atoms with E-state index in [4.69, 9.17) is 4.74 Å². The third kappa shape index (κ3) is 6.24. The van der Waals surface area contributed by atoms with Crippen molar-refractivity contribution in [2.75, 3.05) is 75.9 Å². The highest BCUT2D eigenvalue weighted by Gasteiger charge is 2.23. The molecular formula is C27H38FN5O2. The highest BCUT2D eigenvalue weighted by Crippen LogP contribution is 2.29. The minimum atomic E-state index is -0.325. The minimum absolute atomic E-state index is 0.180. The van der Waals surface area contributed by atoms with Crippen LogP contribution in [0.1, 0.15) is 31.0 Å². The molecule has 4 rings (SSSR count). The van der Waals surface area contributed by atoms with Crippen LogP contribution in [0.25, 0.3) is 0 Å². The zero-order valence-electron chi connectivity index (χ0n) is 21.2. The summed E-state index contributed by atoms with van der Waals surface area (Å²) < 4.78 is 19.7. The zero-order valence-corrected chi connectivity index (χ0v) is 21.2. The fourth-order valence-electron chi connectivity index (χ4n) is 4.92. The van der Waals surface area contributed by atoms with Gasteiger partial charge in [0.15, 0.2) is 0 Å². The van der Waals surface area contributed by atoms with E-state index in [1.165, 1.54) is 6.07 Å². The molecule has 8 heteroatoms. The normalized spacial score (nSPS) is 17.8. The fraction of sp³-hybridized carbons (Fsp3) is 0.519. The van der Waals surface area contributed by atoms with Crippen LogP contribution in [-0.4, -0.2) is 81.9 Å². The molecule has 1 unspecified atom stereocenters. The second-order valence-corrected chi connectivity index (χ2v) is 9.38.